The first-order valence-corrected chi connectivity index (χ1v) is 7.70. The van der Waals surface area contributed by atoms with Gasteiger partial charge in [-0.3, -0.25) is 0 Å². The van der Waals surface area contributed by atoms with Gasteiger partial charge in [-0.15, -0.1) is 0 Å². The fraction of sp³-hybridized carbons (Fsp3) is 0.647. The number of hydrogen-bond donors (Lipinski definition) is 1. The number of nitrogens with one attached hydrogen (secondary N) is 1. The lowest BCUT2D eigenvalue weighted by Crippen LogP contribution is -2.27. The lowest BCUT2D eigenvalue weighted by atomic mass is 10.0. The number of rotatable bonds is 9. The summed E-state index contributed by atoms with van der Waals surface area (Å²) in [4.78, 5) is 0. The summed E-state index contributed by atoms with van der Waals surface area (Å²) >= 11 is 0. The molecule has 0 aliphatic heterocycles. The molecule has 1 aliphatic rings. The van der Waals surface area contributed by atoms with Crippen LogP contribution in [0, 0.1) is 12.8 Å². The summed E-state index contributed by atoms with van der Waals surface area (Å²) in [7, 11) is 1.73. The van der Waals surface area contributed by atoms with Crippen molar-refractivity contribution in [2.75, 3.05) is 26.9 Å². The predicted molar refractivity (Wildman–Crippen MR) is 82.3 cm³/mol. The van der Waals surface area contributed by atoms with Gasteiger partial charge < -0.3 is 14.8 Å². The highest BCUT2D eigenvalue weighted by molar-refractivity contribution is 5.39. The van der Waals surface area contributed by atoms with Crippen LogP contribution in [-0.4, -0.2) is 26.9 Å². The van der Waals surface area contributed by atoms with Crippen LogP contribution in [0.3, 0.4) is 0 Å². The first-order chi connectivity index (χ1) is 9.74. The average molecular weight is 277 g/mol. The second-order valence-electron chi connectivity index (χ2n) is 5.73. The van der Waals surface area contributed by atoms with Crippen molar-refractivity contribution >= 4 is 0 Å². The predicted octanol–water partition coefficient (Wildman–Crippen LogP) is 3.47. The molecule has 2 rings (SSSR count). The monoisotopic (exact) mass is 277 g/mol. The molecule has 1 unspecified atom stereocenters. The largest absolute Gasteiger partial charge is 0.496 e. The maximum atomic E-state index is 5.89. The van der Waals surface area contributed by atoms with E-state index in [0.717, 1.165) is 37.8 Å². The molecule has 1 fully saturated rings. The Morgan fingerprint density at radius 3 is 2.80 bits per heavy atom. The Labute approximate surface area is 122 Å². The molecule has 20 heavy (non-hydrogen) atoms. The Bertz CT molecular complexity index is 415. The van der Waals surface area contributed by atoms with Gasteiger partial charge in [0.1, 0.15) is 5.75 Å². The smallest absolute Gasteiger partial charge is 0.123 e. The van der Waals surface area contributed by atoms with Crippen molar-refractivity contribution in [3.63, 3.8) is 0 Å². The van der Waals surface area contributed by atoms with Crippen molar-refractivity contribution in [3.8, 4) is 5.75 Å². The molecule has 1 aliphatic carbocycles. The molecule has 0 spiro atoms. The highest BCUT2D eigenvalue weighted by Crippen LogP contribution is 2.30. The minimum absolute atomic E-state index is 0.212. The second-order valence-corrected chi connectivity index (χ2v) is 5.73. The highest BCUT2D eigenvalue weighted by atomic mass is 16.5. The van der Waals surface area contributed by atoms with Crippen molar-refractivity contribution in [1.82, 2.24) is 5.32 Å². The number of benzene rings is 1. The number of ether oxygens (including phenoxy) is 2. The molecule has 112 valence electrons. The van der Waals surface area contributed by atoms with E-state index in [-0.39, 0.29) is 6.04 Å². The Morgan fingerprint density at radius 1 is 1.35 bits per heavy atom. The van der Waals surface area contributed by atoms with Gasteiger partial charge >= 0.3 is 0 Å². The summed E-state index contributed by atoms with van der Waals surface area (Å²) in [6, 6.07) is 6.55. The SMILES string of the molecule is CCCNC(COCC1CC1)c1cc(C)ccc1OC. The summed E-state index contributed by atoms with van der Waals surface area (Å²) in [5, 5.41) is 3.58. The standard InChI is InChI=1S/C17H27NO2/c1-4-9-18-16(12-20-11-14-6-7-14)15-10-13(2)5-8-17(15)19-3/h5,8,10,14,16,18H,4,6-7,9,11-12H2,1-3H3. The van der Waals surface area contributed by atoms with E-state index in [1.54, 1.807) is 7.11 Å². The maximum absolute atomic E-state index is 5.89. The van der Waals surface area contributed by atoms with Crippen molar-refractivity contribution in [2.24, 2.45) is 5.92 Å². The lowest BCUT2D eigenvalue weighted by molar-refractivity contribution is 0.102. The minimum Gasteiger partial charge on any atom is -0.496 e. The van der Waals surface area contributed by atoms with Crippen LogP contribution in [0.1, 0.15) is 43.4 Å². The lowest BCUT2D eigenvalue weighted by Gasteiger charge is -2.22. The van der Waals surface area contributed by atoms with E-state index < -0.39 is 0 Å². The Hall–Kier alpha value is -1.06. The van der Waals surface area contributed by atoms with Gasteiger partial charge in [-0.1, -0.05) is 24.6 Å². The topological polar surface area (TPSA) is 30.5 Å². The van der Waals surface area contributed by atoms with Crippen LogP contribution < -0.4 is 10.1 Å². The van der Waals surface area contributed by atoms with Crippen LogP contribution in [0.15, 0.2) is 18.2 Å². The molecule has 0 saturated heterocycles. The first-order valence-electron chi connectivity index (χ1n) is 7.70. The number of aryl methyl sites for hydroxylation is 1. The van der Waals surface area contributed by atoms with E-state index in [4.69, 9.17) is 9.47 Å². The van der Waals surface area contributed by atoms with E-state index in [0.29, 0.717) is 0 Å². The van der Waals surface area contributed by atoms with E-state index in [2.05, 4.69) is 31.3 Å². The third-order valence-corrected chi connectivity index (χ3v) is 3.74. The molecule has 3 heteroatoms. The van der Waals surface area contributed by atoms with E-state index >= 15 is 0 Å². The van der Waals surface area contributed by atoms with Gasteiger partial charge in [0.15, 0.2) is 0 Å². The maximum Gasteiger partial charge on any atom is 0.123 e. The molecule has 0 aromatic heterocycles. The van der Waals surface area contributed by atoms with Gasteiger partial charge in [0.05, 0.1) is 19.8 Å². The van der Waals surface area contributed by atoms with Gasteiger partial charge in [-0.05, 0) is 44.7 Å². The van der Waals surface area contributed by atoms with Crippen LogP contribution in [0.4, 0.5) is 0 Å². The third-order valence-electron chi connectivity index (χ3n) is 3.74. The summed E-state index contributed by atoms with van der Waals surface area (Å²) in [5.41, 5.74) is 2.46. The molecule has 3 nitrogen and oxygen atoms in total. The summed E-state index contributed by atoms with van der Waals surface area (Å²) in [6.45, 7) is 6.91. The first kappa shape index (κ1) is 15.3. The molecule has 0 bridgehead atoms. The van der Waals surface area contributed by atoms with Crippen LogP contribution >= 0.6 is 0 Å². The molecule has 0 amide bonds. The van der Waals surface area contributed by atoms with Gasteiger partial charge in [-0.25, -0.2) is 0 Å². The zero-order chi connectivity index (χ0) is 14.4. The molecule has 1 saturated carbocycles. The van der Waals surface area contributed by atoms with Gasteiger partial charge in [0, 0.05) is 12.2 Å². The minimum atomic E-state index is 0.212. The zero-order valence-electron chi connectivity index (χ0n) is 12.9. The van der Waals surface area contributed by atoms with Crippen LogP contribution in [0.5, 0.6) is 5.75 Å². The van der Waals surface area contributed by atoms with Crippen molar-refractivity contribution in [2.45, 2.75) is 39.2 Å². The van der Waals surface area contributed by atoms with Crippen LogP contribution in [0.2, 0.25) is 0 Å². The number of hydrogen-bond acceptors (Lipinski definition) is 3. The average Bonchev–Trinajstić information content (AvgIpc) is 3.26. The van der Waals surface area contributed by atoms with Gasteiger partial charge in [0.25, 0.3) is 0 Å². The van der Waals surface area contributed by atoms with E-state index in [1.165, 1.54) is 24.0 Å². The van der Waals surface area contributed by atoms with Crippen LogP contribution in [-0.2, 0) is 4.74 Å². The molecule has 1 aromatic rings. The molecule has 1 N–H and O–H groups in total. The quantitative estimate of drug-likeness (QED) is 0.749. The van der Waals surface area contributed by atoms with Gasteiger partial charge in [-0.2, -0.15) is 0 Å². The summed E-state index contributed by atoms with van der Waals surface area (Å²) in [5.74, 6) is 1.75. The Kier molecular flexibility index (Phi) is 5.86. The van der Waals surface area contributed by atoms with E-state index in [9.17, 15) is 0 Å². The Balaban J connectivity index is 2.04. The van der Waals surface area contributed by atoms with Crippen LogP contribution in [0.25, 0.3) is 0 Å². The Morgan fingerprint density at radius 2 is 2.15 bits per heavy atom. The summed E-state index contributed by atoms with van der Waals surface area (Å²) < 4.78 is 11.4. The number of methoxy groups -OCH3 is 1. The van der Waals surface area contributed by atoms with Crippen molar-refractivity contribution in [1.29, 1.82) is 0 Å². The van der Waals surface area contributed by atoms with E-state index in [1.807, 2.05) is 6.07 Å². The molecular formula is C17H27NO2. The zero-order valence-corrected chi connectivity index (χ0v) is 12.9. The third kappa shape index (κ3) is 4.50. The fourth-order valence-electron chi connectivity index (χ4n) is 2.34. The summed E-state index contributed by atoms with van der Waals surface area (Å²) in [6.07, 6.45) is 3.79. The molecular weight excluding hydrogens is 250 g/mol. The molecule has 1 aromatic carbocycles. The van der Waals surface area contributed by atoms with Gasteiger partial charge in [0.2, 0.25) is 0 Å². The fourth-order valence-corrected chi connectivity index (χ4v) is 2.34. The molecule has 0 heterocycles. The van der Waals surface area contributed by atoms with Crippen molar-refractivity contribution in [3.05, 3.63) is 29.3 Å². The second kappa shape index (κ2) is 7.65. The molecule has 1 atom stereocenters. The normalized spacial score (nSPS) is 16.1. The van der Waals surface area contributed by atoms with Crippen molar-refractivity contribution < 1.29 is 9.47 Å². The highest BCUT2D eigenvalue weighted by Gasteiger charge is 2.22. The molecule has 0 radical (unpaired) electrons.